The molecule has 5 heteroatoms. The van der Waals surface area contributed by atoms with E-state index in [4.69, 9.17) is 0 Å². The number of quaternary nitrogens is 1. The average Bonchev–Trinajstić information content (AvgIpc) is 2.29. The van der Waals surface area contributed by atoms with Crippen LogP contribution in [0.4, 0.5) is 0 Å². The molecule has 0 aromatic rings. The zero-order valence-electron chi connectivity index (χ0n) is 11.7. The minimum atomic E-state index is -0.125. The molecule has 104 valence electrons. The molecule has 1 heterocycles. The van der Waals surface area contributed by atoms with Crippen molar-refractivity contribution in [2.75, 3.05) is 19.6 Å². The summed E-state index contributed by atoms with van der Waals surface area (Å²) in [5.74, 6) is -0.155. The van der Waals surface area contributed by atoms with E-state index in [9.17, 15) is 9.59 Å². The van der Waals surface area contributed by atoms with E-state index in [1.165, 1.54) is 24.2 Å². The summed E-state index contributed by atoms with van der Waals surface area (Å²) in [6.45, 7) is 7.62. The van der Waals surface area contributed by atoms with E-state index >= 15 is 0 Å². The Hall–Kier alpha value is -1.10. The maximum Gasteiger partial charge on any atom is 0.275 e. The minimum absolute atomic E-state index is 0.0299. The van der Waals surface area contributed by atoms with Crippen LogP contribution < -0.4 is 15.5 Å². The second kappa shape index (κ2) is 7.36. The van der Waals surface area contributed by atoms with Gasteiger partial charge in [0.1, 0.15) is 0 Å². The van der Waals surface area contributed by atoms with Crippen LogP contribution >= 0.6 is 0 Å². The lowest BCUT2D eigenvalue weighted by Crippen LogP contribution is -3.17. The highest BCUT2D eigenvalue weighted by atomic mass is 16.2. The van der Waals surface area contributed by atoms with Crippen LogP contribution in [0, 0.1) is 0 Å². The number of amides is 2. The van der Waals surface area contributed by atoms with Crippen molar-refractivity contribution in [3.63, 3.8) is 0 Å². The van der Waals surface area contributed by atoms with Crippen LogP contribution in [0.3, 0.4) is 0 Å². The highest BCUT2D eigenvalue weighted by molar-refractivity contribution is 5.85. The molecule has 0 aliphatic carbocycles. The molecule has 18 heavy (non-hydrogen) atoms. The van der Waals surface area contributed by atoms with Gasteiger partial charge in [-0.3, -0.25) is 9.59 Å². The normalized spacial score (nSPS) is 23.8. The molecule has 1 saturated heterocycles. The van der Waals surface area contributed by atoms with Crippen LogP contribution in [0.25, 0.3) is 0 Å². The molecule has 0 spiro atoms. The third kappa shape index (κ3) is 5.49. The summed E-state index contributed by atoms with van der Waals surface area (Å²) in [5.41, 5.74) is 0. The first kappa shape index (κ1) is 15.0. The molecule has 0 radical (unpaired) electrons. The van der Waals surface area contributed by atoms with Crippen molar-refractivity contribution in [1.82, 2.24) is 10.6 Å². The van der Waals surface area contributed by atoms with Gasteiger partial charge in [-0.05, 0) is 40.0 Å². The minimum Gasteiger partial charge on any atom is -0.352 e. The monoisotopic (exact) mass is 256 g/mol. The summed E-state index contributed by atoms with van der Waals surface area (Å²) in [7, 11) is 0. The van der Waals surface area contributed by atoms with Gasteiger partial charge >= 0.3 is 0 Å². The van der Waals surface area contributed by atoms with Crippen molar-refractivity contribution in [1.29, 1.82) is 0 Å². The van der Waals surface area contributed by atoms with E-state index in [0.29, 0.717) is 12.6 Å². The molecule has 0 bridgehead atoms. The standard InChI is InChI=1S/C13H25N3O2/c1-10(2)15-12(17)8-14-13(18)9-16-7-5-4-6-11(16)3/h10-11H,4-9H2,1-3H3,(H,14,18)(H,15,17)/p+1/t11-/m1/s1. The van der Waals surface area contributed by atoms with Gasteiger partial charge < -0.3 is 15.5 Å². The number of piperidine rings is 1. The zero-order valence-corrected chi connectivity index (χ0v) is 11.7. The first-order chi connectivity index (χ1) is 8.49. The second-order valence-electron chi connectivity index (χ2n) is 5.48. The van der Waals surface area contributed by atoms with Crippen LogP contribution in [-0.4, -0.2) is 43.5 Å². The fourth-order valence-electron chi connectivity index (χ4n) is 2.34. The van der Waals surface area contributed by atoms with Crippen molar-refractivity contribution in [3.05, 3.63) is 0 Å². The topological polar surface area (TPSA) is 62.6 Å². The van der Waals surface area contributed by atoms with Crippen molar-refractivity contribution in [2.24, 2.45) is 0 Å². The molecule has 0 saturated carbocycles. The van der Waals surface area contributed by atoms with E-state index in [1.54, 1.807) is 0 Å². The highest BCUT2D eigenvalue weighted by Crippen LogP contribution is 2.01. The molecule has 2 atom stereocenters. The Labute approximate surface area is 109 Å². The van der Waals surface area contributed by atoms with E-state index in [2.05, 4.69) is 17.6 Å². The average molecular weight is 256 g/mol. The van der Waals surface area contributed by atoms with Gasteiger partial charge in [0.05, 0.1) is 19.1 Å². The van der Waals surface area contributed by atoms with Crippen molar-refractivity contribution < 1.29 is 14.5 Å². The van der Waals surface area contributed by atoms with Gasteiger partial charge in [0.25, 0.3) is 5.91 Å². The predicted molar refractivity (Wildman–Crippen MR) is 70.3 cm³/mol. The zero-order chi connectivity index (χ0) is 13.5. The molecule has 1 aliphatic rings. The number of carbonyl (C=O) groups excluding carboxylic acids is 2. The predicted octanol–water partition coefficient (Wildman–Crippen LogP) is -0.915. The van der Waals surface area contributed by atoms with E-state index < -0.39 is 0 Å². The number of hydrogen-bond acceptors (Lipinski definition) is 2. The largest absolute Gasteiger partial charge is 0.352 e. The number of likely N-dealkylation sites (tertiary alicyclic amines) is 1. The summed E-state index contributed by atoms with van der Waals surface area (Å²) in [4.78, 5) is 24.5. The Morgan fingerprint density at radius 3 is 2.61 bits per heavy atom. The van der Waals surface area contributed by atoms with Gasteiger partial charge in [-0.2, -0.15) is 0 Å². The summed E-state index contributed by atoms with van der Waals surface area (Å²) in [6, 6.07) is 0.663. The summed E-state index contributed by atoms with van der Waals surface area (Å²) in [6.07, 6.45) is 3.65. The molecule has 1 unspecified atom stereocenters. The van der Waals surface area contributed by atoms with Crippen LogP contribution in [0.5, 0.6) is 0 Å². The Morgan fingerprint density at radius 1 is 1.28 bits per heavy atom. The van der Waals surface area contributed by atoms with E-state index in [0.717, 1.165) is 6.54 Å². The fraction of sp³-hybridized carbons (Fsp3) is 0.846. The smallest absolute Gasteiger partial charge is 0.275 e. The fourth-order valence-corrected chi connectivity index (χ4v) is 2.34. The van der Waals surface area contributed by atoms with Crippen LogP contribution in [0.15, 0.2) is 0 Å². The lowest BCUT2D eigenvalue weighted by atomic mass is 10.0. The molecule has 0 aromatic heterocycles. The molecule has 1 fully saturated rings. The molecule has 1 rings (SSSR count). The van der Waals surface area contributed by atoms with Gasteiger partial charge in [-0.1, -0.05) is 0 Å². The van der Waals surface area contributed by atoms with Crippen LogP contribution in [0.2, 0.25) is 0 Å². The third-order valence-corrected chi connectivity index (χ3v) is 3.37. The molecule has 2 amide bonds. The van der Waals surface area contributed by atoms with E-state index in [1.807, 2.05) is 13.8 Å². The number of carbonyl (C=O) groups is 2. The first-order valence-corrected chi connectivity index (χ1v) is 6.89. The van der Waals surface area contributed by atoms with E-state index in [-0.39, 0.29) is 24.4 Å². The van der Waals surface area contributed by atoms with Gasteiger partial charge in [-0.15, -0.1) is 0 Å². The van der Waals surface area contributed by atoms with Gasteiger partial charge in [0, 0.05) is 6.04 Å². The van der Waals surface area contributed by atoms with Crippen molar-refractivity contribution >= 4 is 11.8 Å². The van der Waals surface area contributed by atoms with Crippen LogP contribution in [-0.2, 0) is 9.59 Å². The highest BCUT2D eigenvalue weighted by Gasteiger charge is 2.24. The number of hydrogen-bond donors (Lipinski definition) is 3. The van der Waals surface area contributed by atoms with Crippen molar-refractivity contribution in [2.45, 2.75) is 52.1 Å². The number of nitrogens with one attached hydrogen (secondary N) is 3. The second-order valence-corrected chi connectivity index (χ2v) is 5.48. The molecule has 3 N–H and O–H groups in total. The lowest BCUT2D eigenvalue weighted by molar-refractivity contribution is -0.920. The lowest BCUT2D eigenvalue weighted by Gasteiger charge is -2.29. The molecule has 0 aromatic carbocycles. The summed E-state index contributed by atoms with van der Waals surface area (Å²) in [5, 5.41) is 5.43. The van der Waals surface area contributed by atoms with Gasteiger partial charge in [-0.25, -0.2) is 0 Å². The van der Waals surface area contributed by atoms with Crippen LogP contribution in [0.1, 0.15) is 40.0 Å². The summed E-state index contributed by atoms with van der Waals surface area (Å²) >= 11 is 0. The first-order valence-electron chi connectivity index (χ1n) is 6.89. The third-order valence-electron chi connectivity index (χ3n) is 3.37. The summed E-state index contributed by atoms with van der Waals surface area (Å²) < 4.78 is 0. The molecular weight excluding hydrogens is 230 g/mol. The molecular formula is C13H26N3O2+. The number of rotatable bonds is 5. The Morgan fingerprint density at radius 2 is 2.00 bits per heavy atom. The SMILES string of the molecule is CC(C)NC(=O)CNC(=O)C[NH+]1CCCC[C@H]1C. The quantitative estimate of drug-likeness (QED) is 0.596. The molecule has 5 nitrogen and oxygen atoms in total. The Bertz CT molecular complexity index is 292. The Kier molecular flexibility index (Phi) is 6.12. The van der Waals surface area contributed by atoms with Gasteiger partial charge in [0.15, 0.2) is 6.54 Å². The maximum absolute atomic E-state index is 11.7. The maximum atomic E-state index is 11.7. The molecule has 1 aliphatic heterocycles. The van der Waals surface area contributed by atoms with Gasteiger partial charge in [0.2, 0.25) is 5.91 Å². The Balaban J connectivity index is 2.22. The van der Waals surface area contributed by atoms with Crippen molar-refractivity contribution in [3.8, 4) is 0 Å².